The minimum absolute atomic E-state index is 0.360. The highest BCUT2D eigenvalue weighted by atomic mass is 16.3. The van der Waals surface area contributed by atoms with Crippen molar-refractivity contribution in [2.24, 2.45) is 0 Å². The molecular formula is C12H19NO. The number of phenols is 1. The number of phenolic OH excluding ortho intramolecular Hbond substituents is 1. The summed E-state index contributed by atoms with van der Waals surface area (Å²) in [5, 5.41) is 12.7. The van der Waals surface area contributed by atoms with Gasteiger partial charge in [0.2, 0.25) is 0 Å². The lowest BCUT2D eigenvalue weighted by Crippen LogP contribution is -2.15. The number of hydrogen-bond acceptors (Lipinski definition) is 2. The Balaban J connectivity index is 2.75. The van der Waals surface area contributed by atoms with E-state index in [1.807, 2.05) is 26.0 Å². The summed E-state index contributed by atoms with van der Waals surface area (Å²) in [4.78, 5) is 0. The molecule has 0 aliphatic carbocycles. The van der Waals surface area contributed by atoms with Gasteiger partial charge in [-0.05, 0) is 55.6 Å². The fourth-order valence-electron chi connectivity index (χ4n) is 1.64. The molecule has 2 nitrogen and oxygen atoms in total. The van der Waals surface area contributed by atoms with Gasteiger partial charge in [0.25, 0.3) is 0 Å². The molecule has 0 saturated heterocycles. The molecule has 78 valence electrons. The van der Waals surface area contributed by atoms with Gasteiger partial charge in [0.05, 0.1) is 0 Å². The third-order valence-electron chi connectivity index (χ3n) is 2.41. The van der Waals surface area contributed by atoms with Crippen LogP contribution in [0.2, 0.25) is 0 Å². The van der Waals surface area contributed by atoms with Gasteiger partial charge in [0.15, 0.2) is 0 Å². The molecule has 0 unspecified atom stereocenters. The van der Waals surface area contributed by atoms with E-state index in [1.54, 1.807) is 0 Å². The Morgan fingerprint density at radius 2 is 1.79 bits per heavy atom. The van der Waals surface area contributed by atoms with Gasteiger partial charge in [-0.3, -0.25) is 0 Å². The van der Waals surface area contributed by atoms with E-state index in [4.69, 9.17) is 0 Å². The predicted molar refractivity (Wildman–Crippen MR) is 59.6 cm³/mol. The Kier molecular flexibility index (Phi) is 3.96. The van der Waals surface area contributed by atoms with E-state index in [0.717, 1.165) is 30.6 Å². The first-order valence-electron chi connectivity index (χ1n) is 5.15. The Labute approximate surface area is 86.0 Å². The quantitative estimate of drug-likeness (QED) is 0.720. The molecule has 0 heterocycles. The smallest absolute Gasteiger partial charge is 0.116 e. The first-order valence-corrected chi connectivity index (χ1v) is 5.15. The van der Waals surface area contributed by atoms with Crippen molar-refractivity contribution in [2.75, 3.05) is 6.54 Å². The van der Waals surface area contributed by atoms with Crippen molar-refractivity contribution in [3.63, 3.8) is 0 Å². The van der Waals surface area contributed by atoms with Crippen LogP contribution < -0.4 is 5.32 Å². The topological polar surface area (TPSA) is 32.3 Å². The molecular weight excluding hydrogens is 174 g/mol. The summed E-state index contributed by atoms with van der Waals surface area (Å²) in [5.74, 6) is 0.360. The van der Waals surface area contributed by atoms with E-state index < -0.39 is 0 Å². The number of aromatic hydroxyl groups is 1. The van der Waals surface area contributed by atoms with Crippen molar-refractivity contribution in [1.29, 1.82) is 0 Å². The third kappa shape index (κ3) is 2.74. The molecule has 0 spiro atoms. The highest BCUT2D eigenvalue weighted by molar-refractivity contribution is 5.40. The molecule has 1 rings (SSSR count). The molecule has 0 radical (unpaired) electrons. The molecule has 0 saturated carbocycles. The van der Waals surface area contributed by atoms with Crippen molar-refractivity contribution in [2.45, 2.75) is 33.7 Å². The second-order valence-corrected chi connectivity index (χ2v) is 3.73. The molecule has 1 aromatic rings. The Morgan fingerprint density at radius 1 is 1.21 bits per heavy atom. The fourth-order valence-corrected chi connectivity index (χ4v) is 1.64. The van der Waals surface area contributed by atoms with Crippen LogP contribution in [0.15, 0.2) is 12.1 Å². The van der Waals surface area contributed by atoms with Gasteiger partial charge in [-0.25, -0.2) is 0 Å². The lowest BCUT2D eigenvalue weighted by molar-refractivity contribution is 0.474. The summed E-state index contributed by atoms with van der Waals surface area (Å²) in [5.41, 5.74) is 3.62. The third-order valence-corrected chi connectivity index (χ3v) is 2.41. The second-order valence-electron chi connectivity index (χ2n) is 3.73. The van der Waals surface area contributed by atoms with Crippen molar-refractivity contribution in [3.05, 3.63) is 28.8 Å². The zero-order valence-corrected chi connectivity index (χ0v) is 9.22. The van der Waals surface area contributed by atoms with Crippen LogP contribution in [0, 0.1) is 13.8 Å². The summed E-state index contributed by atoms with van der Waals surface area (Å²) in [6.45, 7) is 8.17. The molecule has 0 aromatic heterocycles. The monoisotopic (exact) mass is 193 g/mol. The van der Waals surface area contributed by atoms with E-state index in [0.29, 0.717) is 5.75 Å². The van der Waals surface area contributed by atoms with E-state index in [9.17, 15) is 5.11 Å². The SMILES string of the molecule is CCCNCc1c(C)cc(O)cc1C. The van der Waals surface area contributed by atoms with Gasteiger partial charge >= 0.3 is 0 Å². The zero-order chi connectivity index (χ0) is 10.6. The summed E-state index contributed by atoms with van der Waals surface area (Å²) in [6.07, 6.45) is 1.15. The molecule has 2 heteroatoms. The Hall–Kier alpha value is -1.02. The number of rotatable bonds is 4. The van der Waals surface area contributed by atoms with E-state index in [1.165, 1.54) is 5.56 Å². The normalized spacial score (nSPS) is 10.5. The number of aryl methyl sites for hydroxylation is 2. The Bertz CT molecular complexity index is 284. The minimum atomic E-state index is 0.360. The van der Waals surface area contributed by atoms with Gasteiger partial charge < -0.3 is 10.4 Å². The second kappa shape index (κ2) is 5.01. The van der Waals surface area contributed by atoms with Gasteiger partial charge in [0.1, 0.15) is 5.75 Å². The van der Waals surface area contributed by atoms with Gasteiger partial charge in [-0.15, -0.1) is 0 Å². The first kappa shape index (κ1) is 11.1. The average Bonchev–Trinajstić information content (AvgIpc) is 2.09. The van der Waals surface area contributed by atoms with E-state index in [2.05, 4.69) is 12.2 Å². The van der Waals surface area contributed by atoms with Crippen LogP contribution in [0.3, 0.4) is 0 Å². The molecule has 1 aromatic carbocycles. The molecule has 0 aliphatic rings. The maximum absolute atomic E-state index is 9.37. The average molecular weight is 193 g/mol. The lowest BCUT2D eigenvalue weighted by atomic mass is 10.0. The zero-order valence-electron chi connectivity index (χ0n) is 9.22. The first-order chi connectivity index (χ1) is 6.65. The molecule has 0 aliphatic heterocycles. The van der Waals surface area contributed by atoms with Gasteiger partial charge in [-0.2, -0.15) is 0 Å². The largest absolute Gasteiger partial charge is 0.508 e. The van der Waals surface area contributed by atoms with Crippen LogP contribution in [0.25, 0.3) is 0 Å². The fraction of sp³-hybridized carbons (Fsp3) is 0.500. The minimum Gasteiger partial charge on any atom is -0.508 e. The maximum atomic E-state index is 9.37. The van der Waals surface area contributed by atoms with Crippen LogP contribution >= 0.6 is 0 Å². The highest BCUT2D eigenvalue weighted by Gasteiger charge is 2.03. The lowest BCUT2D eigenvalue weighted by Gasteiger charge is -2.11. The van der Waals surface area contributed by atoms with Crippen molar-refractivity contribution < 1.29 is 5.11 Å². The van der Waals surface area contributed by atoms with E-state index in [-0.39, 0.29) is 0 Å². The molecule has 2 N–H and O–H groups in total. The molecule has 0 amide bonds. The van der Waals surface area contributed by atoms with Crippen molar-refractivity contribution in [1.82, 2.24) is 5.32 Å². The maximum Gasteiger partial charge on any atom is 0.116 e. The van der Waals surface area contributed by atoms with Crippen molar-refractivity contribution in [3.8, 4) is 5.75 Å². The summed E-state index contributed by atoms with van der Waals surface area (Å²) >= 11 is 0. The molecule has 0 fully saturated rings. The molecule has 0 atom stereocenters. The summed E-state index contributed by atoms with van der Waals surface area (Å²) in [7, 11) is 0. The predicted octanol–water partition coefficient (Wildman–Crippen LogP) is 2.51. The van der Waals surface area contributed by atoms with E-state index >= 15 is 0 Å². The summed E-state index contributed by atoms with van der Waals surface area (Å²) < 4.78 is 0. The van der Waals surface area contributed by atoms with Crippen molar-refractivity contribution >= 4 is 0 Å². The van der Waals surface area contributed by atoms with Crippen LogP contribution in [0.1, 0.15) is 30.0 Å². The van der Waals surface area contributed by atoms with Crippen LogP contribution in [0.4, 0.5) is 0 Å². The van der Waals surface area contributed by atoms with Crippen LogP contribution in [0.5, 0.6) is 5.75 Å². The van der Waals surface area contributed by atoms with Gasteiger partial charge in [-0.1, -0.05) is 6.92 Å². The number of benzene rings is 1. The summed E-state index contributed by atoms with van der Waals surface area (Å²) in [6, 6.07) is 3.63. The molecule has 0 bridgehead atoms. The van der Waals surface area contributed by atoms with Crippen LogP contribution in [-0.4, -0.2) is 11.7 Å². The standard InChI is InChI=1S/C12H19NO/c1-4-5-13-8-12-9(2)6-11(14)7-10(12)3/h6-7,13-14H,4-5,8H2,1-3H3. The number of hydrogen-bond donors (Lipinski definition) is 2. The molecule has 14 heavy (non-hydrogen) atoms. The highest BCUT2D eigenvalue weighted by Crippen LogP contribution is 2.20. The number of nitrogens with one attached hydrogen (secondary N) is 1. The van der Waals surface area contributed by atoms with Gasteiger partial charge in [0, 0.05) is 6.54 Å². The van der Waals surface area contributed by atoms with Crippen LogP contribution in [-0.2, 0) is 6.54 Å². The Morgan fingerprint density at radius 3 is 2.29 bits per heavy atom.